The van der Waals surface area contributed by atoms with Crippen LogP contribution < -0.4 is 0 Å². The Balaban J connectivity index is 2.21. The third-order valence-electron chi connectivity index (χ3n) is 2.38. The molecule has 0 aliphatic carbocycles. The van der Waals surface area contributed by atoms with Crippen molar-refractivity contribution in [3.05, 3.63) is 57.2 Å². The minimum atomic E-state index is -0.921. The largest absolute Gasteiger partial charge is 0.452 e. The Morgan fingerprint density at radius 1 is 1.35 bits per heavy atom. The van der Waals surface area contributed by atoms with Crippen LogP contribution >= 0.6 is 27.5 Å². The van der Waals surface area contributed by atoms with E-state index in [0.29, 0.717) is 15.5 Å². The molecule has 2 aromatic rings. The molecule has 0 radical (unpaired) electrons. The summed E-state index contributed by atoms with van der Waals surface area (Å²) in [6, 6.07) is 7.72. The second-order valence-electron chi connectivity index (χ2n) is 3.56. The number of furan rings is 1. The Morgan fingerprint density at radius 3 is 2.71 bits per heavy atom. The quantitative estimate of drug-likeness (QED) is 0.923. The van der Waals surface area contributed by atoms with Gasteiger partial charge in [0.15, 0.2) is 4.67 Å². The standard InChI is InChI=1S/C12H9BrClFO2/c13-12-5-4-11(17-12)10(16)6-7-8(14)2-1-3-9(7)15/h1-5,10,16H,6H2. The molecule has 1 aromatic carbocycles. The molecule has 1 heterocycles. The zero-order chi connectivity index (χ0) is 12.4. The molecule has 2 rings (SSSR count). The summed E-state index contributed by atoms with van der Waals surface area (Å²) >= 11 is 9.01. The number of halogens is 3. The van der Waals surface area contributed by atoms with Gasteiger partial charge in [0.05, 0.1) is 0 Å². The lowest BCUT2D eigenvalue weighted by Gasteiger charge is -2.10. The Hall–Kier alpha value is -0.840. The summed E-state index contributed by atoms with van der Waals surface area (Å²) in [6.45, 7) is 0. The summed E-state index contributed by atoms with van der Waals surface area (Å²) in [7, 11) is 0. The number of benzene rings is 1. The van der Waals surface area contributed by atoms with Gasteiger partial charge in [0.1, 0.15) is 17.7 Å². The molecule has 0 bridgehead atoms. The summed E-state index contributed by atoms with van der Waals surface area (Å²) in [4.78, 5) is 0. The lowest BCUT2D eigenvalue weighted by molar-refractivity contribution is 0.147. The first-order valence-corrected chi connectivity index (χ1v) is 6.11. The van der Waals surface area contributed by atoms with E-state index in [1.807, 2.05) is 0 Å². The molecule has 1 unspecified atom stereocenters. The maximum Gasteiger partial charge on any atom is 0.169 e. The molecule has 0 amide bonds. The maximum atomic E-state index is 13.5. The molecule has 1 atom stereocenters. The molecule has 0 fully saturated rings. The van der Waals surface area contributed by atoms with Crippen LogP contribution in [0.25, 0.3) is 0 Å². The van der Waals surface area contributed by atoms with Gasteiger partial charge in [-0.1, -0.05) is 17.7 Å². The fourth-order valence-electron chi connectivity index (χ4n) is 1.53. The summed E-state index contributed by atoms with van der Waals surface area (Å²) in [5.74, 6) is -0.0571. The fraction of sp³-hybridized carbons (Fsp3) is 0.167. The van der Waals surface area contributed by atoms with Crippen molar-refractivity contribution in [2.24, 2.45) is 0 Å². The number of rotatable bonds is 3. The number of hydrogen-bond donors (Lipinski definition) is 1. The Morgan fingerprint density at radius 2 is 2.12 bits per heavy atom. The van der Waals surface area contributed by atoms with E-state index < -0.39 is 11.9 Å². The van der Waals surface area contributed by atoms with E-state index >= 15 is 0 Å². The van der Waals surface area contributed by atoms with Gasteiger partial charge < -0.3 is 9.52 Å². The van der Waals surface area contributed by atoms with Crippen molar-refractivity contribution in [1.29, 1.82) is 0 Å². The number of aliphatic hydroxyl groups is 1. The van der Waals surface area contributed by atoms with Crippen molar-refractivity contribution >= 4 is 27.5 Å². The second-order valence-corrected chi connectivity index (χ2v) is 4.75. The Labute approximate surface area is 111 Å². The van der Waals surface area contributed by atoms with Crippen LogP contribution in [0, 0.1) is 5.82 Å². The van der Waals surface area contributed by atoms with Crippen LogP contribution in [0.15, 0.2) is 39.4 Å². The summed E-state index contributed by atoms with van der Waals surface area (Å²) in [5, 5.41) is 10.2. The highest BCUT2D eigenvalue weighted by atomic mass is 79.9. The van der Waals surface area contributed by atoms with Crippen molar-refractivity contribution < 1.29 is 13.9 Å². The predicted octanol–water partition coefficient (Wildman–Crippen LogP) is 4.11. The van der Waals surface area contributed by atoms with Crippen molar-refractivity contribution in [2.75, 3.05) is 0 Å². The summed E-state index contributed by atoms with van der Waals surface area (Å²) < 4.78 is 19.2. The molecular weight excluding hydrogens is 310 g/mol. The summed E-state index contributed by atoms with van der Waals surface area (Å²) in [6.07, 6.45) is -0.846. The van der Waals surface area contributed by atoms with Gasteiger partial charge in [-0.05, 0) is 40.2 Å². The van der Waals surface area contributed by atoms with E-state index in [4.69, 9.17) is 16.0 Å². The first-order valence-electron chi connectivity index (χ1n) is 4.94. The topological polar surface area (TPSA) is 33.4 Å². The van der Waals surface area contributed by atoms with Crippen LogP contribution in [0.4, 0.5) is 4.39 Å². The Bertz CT molecular complexity index is 507. The molecule has 90 valence electrons. The smallest absolute Gasteiger partial charge is 0.169 e. The van der Waals surface area contributed by atoms with Crippen molar-refractivity contribution in [3.8, 4) is 0 Å². The SMILES string of the molecule is OC(Cc1c(F)cccc1Cl)c1ccc(Br)o1. The van der Waals surface area contributed by atoms with Gasteiger partial charge in [0, 0.05) is 17.0 Å². The first kappa shape index (κ1) is 12.6. The van der Waals surface area contributed by atoms with Crippen LogP contribution in [0.1, 0.15) is 17.4 Å². The van der Waals surface area contributed by atoms with Gasteiger partial charge in [-0.3, -0.25) is 0 Å². The highest BCUT2D eigenvalue weighted by Crippen LogP contribution is 2.27. The zero-order valence-corrected chi connectivity index (χ0v) is 11.0. The van der Waals surface area contributed by atoms with Crippen LogP contribution in [0.2, 0.25) is 5.02 Å². The third-order valence-corrected chi connectivity index (χ3v) is 3.16. The monoisotopic (exact) mass is 318 g/mol. The molecule has 0 saturated heterocycles. The van der Waals surface area contributed by atoms with E-state index in [1.54, 1.807) is 18.2 Å². The third kappa shape index (κ3) is 2.89. The molecule has 5 heteroatoms. The highest BCUT2D eigenvalue weighted by Gasteiger charge is 2.17. The molecule has 17 heavy (non-hydrogen) atoms. The van der Waals surface area contributed by atoms with Gasteiger partial charge in [0.25, 0.3) is 0 Å². The minimum absolute atomic E-state index is 0.0749. The maximum absolute atomic E-state index is 13.5. The fourth-order valence-corrected chi connectivity index (χ4v) is 2.09. The van der Waals surface area contributed by atoms with Crippen LogP contribution in [-0.4, -0.2) is 5.11 Å². The van der Waals surface area contributed by atoms with Crippen LogP contribution in [-0.2, 0) is 6.42 Å². The highest BCUT2D eigenvalue weighted by molar-refractivity contribution is 9.10. The van der Waals surface area contributed by atoms with E-state index in [2.05, 4.69) is 15.9 Å². The molecule has 0 spiro atoms. The van der Waals surface area contributed by atoms with Crippen molar-refractivity contribution in [2.45, 2.75) is 12.5 Å². The van der Waals surface area contributed by atoms with Crippen molar-refractivity contribution in [3.63, 3.8) is 0 Å². The molecule has 0 saturated carbocycles. The average Bonchev–Trinajstić information content (AvgIpc) is 2.70. The number of hydrogen-bond acceptors (Lipinski definition) is 2. The van der Waals surface area contributed by atoms with E-state index in [-0.39, 0.29) is 12.0 Å². The van der Waals surface area contributed by atoms with Crippen LogP contribution in [0.3, 0.4) is 0 Å². The molecule has 0 aliphatic rings. The zero-order valence-electron chi connectivity index (χ0n) is 8.66. The van der Waals surface area contributed by atoms with Gasteiger partial charge in [0.2, 0.25) is 0 Å². The molecule has 2 nitrogen and oxygen atoms in total. The van der Waals surface area contributed by atoms with Gasteiger partial charge in [-0.15, -0.1) is 0 Å². The molecule has 1 N–H and O–H groups in total. The normalized spacial score (nSPS) is 12.7. The van der Waals surface area contributed by atoms with E-state index in [1.165, 1.54) is 12.1 Å². The van der Waals surface area contributed by atoms with E-state index in [9.17, 15) is 9.50 Å². The summed E-state index contributed by atoms with van der Waals surface area (Å²) in [5.41, 5.74) is 0.286. The van der Waals surface area contributed by atoms with Gasteiger partial charge >= 0.3 is 0 Å². The van der Waals surface area contributed by atoms with Crippen molar-refractivity contribution in [1.82, 2.24) is 0 Å². The molecule has 0 aliphatic heterocycles. The Kier molecular flexibility index (Phi) is 3.86. The minimum Gasteiger partial charge on any atom is -0.452 e. The second kappa shape index (κ2) is 5.21. The van der Waals surface area contributed by atoms with E-state index in [0.717, 1.165) is 0 Å². The predicted molar refractivity (Wildman–Crippen MR) is 66.5 cm³/mol. The molecular formula is C12H9BrClFO2. The van der Waals surface area contributed by atoms with Gasteiger partial charge in [-0.2, -0.15) is 0 Å². The lowest BCUT2D eigenvalue weighted by atomic mass is 10.1. The number of aliphatic hydroxyl groups excluding tert-OH is 1. The lowest BCUT2D eigenvalue weighted by Crippen LogP contribution is -2.03. The molecule has 1 aromatic heterocycles. The van der Waals surface area contributed by atoms with Crippen LogP contribution in [0.5, 0.6) is 0 Å². The van der Waals surface area contributed by atoms with Gasteiger partial charge in [-0.25, -0.2) is 4.39 Å². The first-order chi connectivity index (χ1) is 8.08. The average molecular weight is 320 g/mol.